The van der Waals surface area contributed by atoms with E-state index in [1.54, 1.807) is 0 Å². The number of hydrogen-bond donors (Lipinski definition) is 0. The van der Waals surface area contributed by atoms with Gasteiger partial charge in [0.2, 0.25) is 5.91 Å². The van der Waals surface area contributed by atoms with E-state index in [-0.39, 0.29) is 10.7 Å². The lowest BCUT2D eigenvalue weighted by atomic mass is 10.3. The highest BCUT2D eigenvalue weighted by molar-refractivity contribution is 14.1. The van der Waals surface area contributed by atoms with E-state index in [1.807, 2.05) is 29.2 Å². The summed E-state index contributed by atoms with van der Waals surface area (Å²) in [5.74, 6) is 0.172. The lowest BCUT2D eigenvalue weighted by Gasteiger charge is -2.15. The summed E-state index contributed by atoms with van der Waals surface area (Å²) in [6, 6.07) is 8.02. The molecule has 0 aromatic heterocycles. The zero-order valence-corrected chi connectivity index (χ0v) is 11.2. The first-order valence-electron chi connectivity index (χ1n) is 4.39. The van der Waals surface area contributed by atoms with E-state index < -0.39 is 0 Å². The third kappa shape index (κ3) is 1.95. The predicted octanol–water partition coefficient (Wildman–Crippen LogP) is 2.79. The standard InChI is InChI=1S/C10H9BrINO/c11-9-5-6-13(10(9)14)8-3-1-7(12)2-4-8/h1-4,9H,5-6H2. The Kier molecular flexibility index (Phi) is 3.11. The van der Waals surface area contributed by atoms with Gasteiger partial charge in [-0.15, -0.1) is 0 Å². The maximum atomic E-state index is 11.7. The van der Waals surface area contributed by atoms with Crippen molar-refractivity contribution in [2.75, 3.05) is 11.4 Å². The molecule has 0 aliphatic carbocycles. The van der Waals surface area contributed by atoms with E-state index in [4.69, 9.17) is 0 Å². The van der Waals surface area contributed by atoms with E-state index in [0.29, 0.717) is 0 Å². The summed E-state index contributed by atoms with van der Waals surface area (Å²) >= 11 is 5.62. The molecule has 1 atom stereocenters. The molecule has 1 saturated heterocycles. The number of rotatable bonds is 1. The molecule has 1 unspecified atom stereocenters. The minimum Gasteiger partial charge on any atom is -0.311 e. The van der Waals surface area contributed by atoms with Crippen molar-refractivity contribution in [3.8, 4) is 0 Å². The van der Waals surface area contributed by atoms with E-state index >= 15 is 0 Å². The Labute approximate surface area is 105 Å². The number of benzene rings is 1. The number of anilines is 1. The summed E-state index contributed by atoms with van der Waals surface area (Å²) < 4.78 is 1.19. The van der Waals surface area contributed by atoms with Gasteiger partial charge < -0.3 is 4.90 Å². The lowest BCUT2D eigenvalue weighted by molar-refractivity contribution is -0.116. The second-order valence-corrected chi connectivity index (χ2v) is 5.57. The topological polar surface area (TPSA) is 20.3 Å². The first-order valence-corrected chi connectivity index (χ1v) is 6.39. The second-order valence-electron chi connectivity index (χ2n) is 3.22. The highest BCUT2D eigenvalue weighted by atomic mass is 127. The van der Waals surface area contributed by atoms with Crippen LogP contribution in [0.3, 0.4) is 0 Å². The number of hydrogen-bond acceptors (Lipinski definition) is 1. The van der Waals surface area contributed by atoms with Crippen LogP contribution in [-0.4, -0.2) is 17.3 Å². The van der Waals surface area contributed by atoms with Crippen molar-refractivity contribution in [1.82, 2.24) is 0 Å². The summed E-state index contributed by atoms with van der Waals surface area (Å²) in [4.78, 5) is 13.5. The minimum atomic E-state index is 0.00165. The van der Waals surface area contributed by atoms with Gasteiger partial charge >= 0.3 is 0 Å². The van der Waals surface area contributed by atoms with Gasteiger partial charge in [0.15, 0.2) is 0 Å². The van der Waals surface area contributed by atoms with Gasteiger partial charge in [-0.1, -0.05) is 15.9 Å². The summed E-state index contributed by atoms with van der Waals surface area (Å²) in [7, 11) is 0. The van der Waals surface area contributed by atoms with E-state index in [9.17, 15) is 4.79 Å². The highest BCUT2D eigenvalue weighted by Crippen LogP contribution is 2.25. The molecule has 0 radical (unpaired) electrons. The molecule has 14 heavy (non-hydrogen) atoms. The lowest BCUT2D eigenvalue weighted by Crippen LogP contribution is -2.26. The van der Waals surface area contributed by atoms with Crippen molar-refractivity contribution >= 4 is 50.1 Å². The van der Waals surface area contributed by atoms with Crippen LogP contribution in [0, 0.1) is 3.57 Å². The number of nitrogens with zero attached hydrogens (tertiary/aromatic N) is 1. The maximum absolute atomic E-state index is 11.7. The second kappa shape index (κ2) is 4.18. The first-order chi connectivity index (χ1) is 6.68. The molecule has 2 rings (SSSR count). The summed E-state index contributed by atoms with van der Waals surface area (Å²) in [5, 5.41) is 0. The van der Waals surface area contributed by atoms with Crippen LogP contribution < -0.4 is 4.90 Å². The van der Waals surface area contributed by atoms with Gasteiger partial charge in [0, 0.05) is 15.8 Å². The van der Waals surface area contributed by atoms with Crippen molar-refractivity contribution in [2.45, 2.75) is 11.2 Å². The average molecular weight is 366 g/mol. The van der Waals surface area contributed by atoms with Gasteiger partial charge in [-0.3, -0.25) is 4.79 Å². The Morgan fingerprint density at radius 2 is 2.00 bits per heavy atom. The van der Waals surface area contributed by atoms with Crippen LogP contribution >= 0.6 is 38.5 Å². The number of amides is 1. The minimum absolute atomic E-state index is 0.00165. The predicted molar refractivity (Wildman–Crippen MR) is 68.8 cm³/mol. The molecular formula is C10H9BrINO. The fourth-order valence-electron chi connectivity index (χ4n) is 1.52. The molecule has 4 heteroatoms. The van der Waals surface area contributed by atoms with Crippen LogP contribution in [0.25, 0.3) is 0 Å². The number of carbonyl (C=O) groups is 1. The Hall–Kier alpha value is -0.100. The van der Waals surface area contributed by atoms with Gasteiger partial charge in [0.05, 0.1) is 4.83 Å². The molecule has 1 amide bonds. The molecule has 0 bridgehead atoms. The van der Waals surface area contributed by atoms with Crippen molar-refractivity contribution in [1.29, 1.82) is 0 Å². The van der Waals surface area contributed by atoms with E-state index in [0.717, 1.165) is 18.7 Å². The number of alkyl halides is 1. The highest BCUT2D eigenvalue weighted by Gasteiger charge is 2.30. The molecule has 1 heterocycles. The molecule has 1 aliphatic heterocycles. The van der Waals surface area contributed by atoms with Crippen LogP contribution in [0.5, 0.6) is 0 Å². The zero-order chi connectivity index (χ0) is 10.1. The molecule has 1 aliphatic rings. The zero-order valence-electron chi connectivity index (χ0n) is 7.41. The average Bonchev–Trinajstić information content (AvgIpc) is 2.50. The fraction of sp³-hybridized carbons (Fsp3) is 0.300. The van der Waals surface area contributed by atoms with Crippen LogP contribution in [0.4, 0.5) is 5.69 Å². The van der Waals surface area contributed by atoms with E-state index in [2.05, 4.69) is 38.5 Å². The normalized spacial score (nSPS) is 21.7. The SMILES string of the molecule is O=C1C(Br)CCN1c1ccc(I)cc1. The Morgan fingerprint density at radius 1 is 1.36 bits per heavy atom. The third-order valence-corrected chi connectivity index (χ3v) is 3.85. The summed E-state index contributed by atoms with van der Waals surface area (Å²) in [6.07, 6.45) is 0.894. The van der Waals surface area contributed by atoms with Gasteiger partial charge in [-0.05, 0) is 53.3 Å². The van der Waals surface area contributed by atoms with Crippen molar-refractivity contribution < 1.29 is 4.79 Å². The summed E-state index contributed by atoms with van der Waals surface area (Å²) in [5.41, 5.74) is 0.998. The monoisotopic (exact) mass is 365 g/mol. The maximum Gasteiger partial charge on any atom is 0.240 e. The molecule has 1 aromatic carbocycles. The van der Waals surface area contributed by atoms with Gasteiger partial charge in [0.25, 0.3) is 0 Å². The molecule has 0 N–H and O–H groups in total. The smallest absolute Gasteiger partial charge is 0.240 e. The third-order valence-electron chi connectivity index (χ3n) is 2.28. The van der Waals surface area contributed by atoms with Gasteiger partial charge in [-0.25, -0.2) is 0 Å². The van der Waals surface area contributed by atoms with Crippen molar-refractivity contribution in [3.63, 3.8) is 0 Å². The van der Waals surface area contributed by atoms with Crippen molar-refractivity contribution in [2.24, 2.45) is 0 Å². The Morgan fingerprint density at radius 3 is 2.50 bits per heavy atom. The van der Waals surface area contributed by atoms with Crippen molar-refractivity contribution in [3.05, 3.63) is 27.8 Å². The molecule has 74 valence electrons. The van der Waals surface area contributed by atoms with Crippen LogP contribution in [0.15, 0.2) is 24.3 Å². The van der Waals surface area contributed by atoms with Crippen LogP contribution in [-0.2, 0) is 4.79 Å². The van der Waals surface area contributed by atoms with Crippen LogP contribution in [0.1, 0.15) is 6.42 Å². The van der Waals surface area contributed by atoms with Crippen LogP contribution in [0.2, 0.25) is 0 Å². The fourth-order valence-corrected chi connectivity index (χ4v) is 2.33. The first kappa shape index (κ1) is 10.4. The number of carbonyl (C=O) groups excluding carboxylic acids is 1. The number of halogens is 2. The van der Waals surface area contributed by atoms with Gasteiger partial charge in [0.1, 0.15) is 0 Å². The Bertz CT molecular complexity index is 352. The van der Waals surface area contributed by atoms with E-state index in [1.165, 1.54) is 3.57 Å². The molecule has 1 fully saturated rings. The quantitative estimate of drug-likeness (QED) is 0.553. The Balaban J connectivity index is 2.24. The van der Waals surface area contributed by atoms with Gasteiger partial charge in [-0.2, -0.15) is 0 Å². The molecule has 1 aromatic rings. The molecule has 2 nitrogen and oxygen atoms in total. The summed E-state index contributed by atoms with van der Waals surface area (Å²) in [6.45, 7) is 0.815. The molecule has 0 saturated carbocycles. The molecule has 0 spiro atoms. The molecular weight excluding hydrogens is 357 g/mol. The largest absolute Gasteiger partial charge is 0.311 e.